The van der Waals surface area contributed by atoms with Crippen LogP contribution in [0.25, 0.3) is 0 Å². The number of amides is 1. The smallest absolute Gasteiger partial charge is 0.227 e. The summed E-state index contributed by atoms with van der Waals surface area (Å²) in [5.41, 5.74) is 0.352. The molecule has 2 aliphatic heterocycles. The predicted octanol–water partition coefficient (Wildman–Crippen LogP) is 1.10. The lowest BCUT2D eigenvalue weighted by atomic mass is 9.75. The van der Waals surface area contributed by atoms with Gasteiger partial charge in [0.15, 0.2) is 0 Å². The lowest BCUT2D eigenvalue weighted by molar-refractivity contribution is -0.144. The summed E-state index contributed by atoms with van der Waals surface area (Å²) in [5.74, 6) is 1.32. The first-order valence-electron chi connectivity index (χ1n) is 5.98. The predicted molar refractivity (Wildman–Crippen MR) is 60.5 cm³/mol. The van der Waals surface area contributed by atoms with Gasteiger partial charge in [0.1, 0.15) is 0 Å². The Labute approximate surface area is 92.2 Å². The average Bonchev–Trinajstić information content (AvgIpc) is 2.48. The molecule has 3 heteroatoms. The normalized spacial score (nSPS) is 27.9. The molecule has 1 N–H and O–H groups in total. The van der Waals surface area contributed by atoms with Crippen LogP contribution in [0.5, 0.6) is 0 Å². The molecule has 2 fully saturated rings. The molecule has 1 atom stereocenters. The molecule has 2 heterocycles. The summed E-state index contributed by atoms with van der Waals surface area (Å²) in [6.45, 7) is 10.6. The summed E-state index contributed by atoms with van der Waals surface area (Å²) in [6.07, 6.45) is 1.02. The van der Waals surface area contributed by atoms with Gasteiger partial charge in [0, 0.05) is 19.6 Å². The second-order valence-electron chi connectivity index (χ2n) is 6.00. The topological polar surface area (TPSA) is 32.3 Å². The molecule has 0 aromatic carbocycles. The molecule has 0 radical (unpaired) electrons. The van der Waals surface area contributed by atoms with Gasteiger partial charge in [-0.3, -0.25) is 4.79 Å². The highest BCUT2D eigenvalue weighted by Gasteiger charge is 2.40. The first kappa shape index (κ1) is 10.9. The van der Waals surface area contributed by atoms with Crippen molar-refractivity contribution < 1.29 is 4.79 Å². The maximum Gasteiger partial charge on any atom is 0.227 e. The molecule has 0 bridgehead atoms. The fourth-order valence-electron chi connectivity index (χ4n) is 2.33. The highest BCUT2D eigenvalue weighted by molar-refractivity contribution is 5.80. The van der Waals surface area contributed by atoms with Gasteiger partial charge in [-0.1, -0.05) is 20.8 Å². The third-order valence-corrected chi connectivity index (χ3v) is 3.83. The number of nitrogens with one attached hydrogen (secondary N) is 1. The van der Waals surface area contributed by atoms with Gasteiger partial charge in [-0.25, -0.2) is 0 Å². The molecule has 1 amide bonds. The summed E-state index contributed by atoms with van der Waals surface area (Å²) in [5, 5.41) is 3.25. The van der Waals surface area contributed by atoms with Crippen LogP contribution >= 0.6 is 0 Å². The molecular formula is C12H22N2O. The number of hydrogen-bond donors (Lipinski definition) is 1. The van der Waals surface area contributed by atoms with E-state index in [1.165, 1.54) is 0 Å². The van der Waals surface area contributed by atoms with Gasteiger partial charge in [-0.05, 0) is 24.3 Å². The van der Waals surface area contributed by atoms with E-state index in [0.717, 1.165) is 32.6 Å². The van der Waals surface area contributed by atoms with E-state index in [9.17, 15) is 4.79 Å². The third kappa shape index (κ3) is 2.17. The number of hydrogen-bond acceptors (Lipinski definition) is 2. The molecule has 0 saturated carbocycles. The minimum Gasteiger partial charge on any atom is -0.342 e. The van der Waals surface area contributed by atoms with Crippen molar-refractivity contribution in [3.63, 3.8) is 0 Å². The molecule has 0 spiro atoms. The summed E-state index contributed by atoms with van der Waals surface area (Å²) in [4.78, 5) is 14.0. The van der Waals surface area contributed by atoms with Crippen molar-refractivity contribution >= 4 is 5.91 Å². The SMILES string of the molecule is CC(C)(C)C1CN(C(=O)[C@@H]2CCNC2)C1. The van der Waals surface area contributed by atoms with Gasteiger partial charge in [0.05, 0.1) is 5.92 Å². The fraction of sp³-hybridized carbons (Fsp3) is 0.917. The van der Waals surface area contributed by atoms with E-state index in [2.05, 4.69) is 26.1 Å². The number of likely N-dealkylation sites (tertiary alicyclic amines) is 1. The molecule has 15 heavy (non-hydrogen) atoms. The van der Waals surface area contributed by atoms with Crippen LogP contribution in [0.15, 0.2) is 0 Å². The zero-order chi connectivity index (χ0) is 11.1. The number of carbonyl (C=O) groups excluding carboxylic acids is 1. The van der Waals surface area contributed by atoms with Crippen molar-refractivity contribution in [1.29, 1.82) is 0 Å². The second kappa shape index (κ2) is 3.78. The van der Waals surface area contributed by atoms with Crippen molar-refractivity contribution in [2.45, 2.75) is 27.2 Å². The van der Waals surface area contributed by atoms with E-state index in [0.29, 0.717) is 17.2 Å². The maximum atomic E-state index is 12.0. The Morgan fingerprint density at radius 3 is 2.47 bits per heavy atom. The maximum absolute atomic E-state index is 12.0. The first-order valence-corrected chi connectivity index (χ1v) is 5.98. The minimum atomic E-state index is 0.255. The average molecular weight is 210 g/mol. The van der Waals surface area contributed by atoms with Crippen molar-refractivity contribution in [3.05, 3.63) is 0 Å². The summed E-state index contributed by atoms with van der Waals surface area (Å²) in [7, 11) is 0. The lowest BCUT2D eigenvalue weighted by Gasteiger charge is -2.47. The van der Waals surface area contributed by atoms with Gasteiger partial charge in [0.25, 0.3) is 0 Å². The van der Waals surface area contributed by atoms with Crippen LogP contribution in [0, 0.1) is 17.3 Å². The molecular weight excluding hydrogens is 188 g/mol. The molecule has 2 rings (SSSR count). The van der Waals surface area contributed by atoms with Crippen LogP contribution in [-0.2, 0) is 4.79 Å². The quantitative estimate of drug-likeness (QED) is 0.703. The standard InChI is InChI=1S/C12H22N2O/c1-12(2,3)10-7-14(8-10)11(15)9-4-5-13-6-9/h9-10,13H,4-8H2,1-3H3/t9-/m1/s1. The Hall–Kier alpha value is -0.570. The Bertz CT molecular complexity index is 245. The van der Waals surface area contributed by atoms with E-state index < -0.39 is 0 Å². The van der Waals surface area contributed by atoms with Crippen LogP contribution in [0.1, 0.15) is 27.2 Å². The Kier molecular flexibility index (Phi) is 2.75. The van der Waals surface area contributed by atoms with Gasteiger partial charge in [-0.2, -0.15) is 0 Å². The van der Waals surface area contributed by atoms with Crippen LogP contribution in [0.4, 0.5) is 0 Å². The monoisotopic (exact) mass is 210 g/mol. The Morgan fingerprint density at radius 2 is 2.00 bits per heavy atom. The molecule has 0 aromatic heterocycles. The van der Waals surface area contributed by atoms with E-state index in [1.54, 1.807) is 0 Å². The van der Waals surface area contributed by atoms with Crippen LogP contribution in [0.2, 0.25) is 0 Å². The highest BCUT2D eigenvalue weighted by atomic mass is 16.2. The van der Waals surface area contributed by atoms with Crippen molar-refractivity contribution in [1.82, 2.24) is 10.2 Å². The van der Waals surface area contributed by atoms with E-state index in [4.69, 9.17) is 0 Å². The number of carbonyl (C=O) groups is 1. The molecule has 0 unspecified atom stereocenters. The number of nitrogens with zero attached hydrogens (tertiary/aromatic N) is 1. The number of rotatable bonds is 1. The van der Waals surface area contributed by atoms with Crippen LogP contribution in [0.3, 0.4) is 0 Å². The highest BCUT2D eigenvalue weighted by Crippen LogP contribution is 2.34. The molecule has 2 saturated heterocycles. The zero-order valence-electron chi connectivity index (χ0n) is 10.0. The summed E-state index contributed by atoms with van der Waals surface area (Å²) in [6, 6.07) is 0. The van der Waals surface area contributed by atoms with E-state index >= 15 is 0 Å². The van der Waals surface area contributed by atoms with Crippen molar-refractivity contribution in [2.24, 2.45) is 17.3 Å². The zero-order valence-corrected chi connectivity index (χ0v) is 10.0. The summed E-state index contributed by atoms with van der Waals surface area (Å²) < 4.78 is 0. The van der Waals surface area contributed by atoms with Crippen molar-refractivity contribution in [3.8, 4) is 0 Å². The molecule has 0 aromatic rings. The van der Waals surface area contributed by atoms with Gasteiger partial charge < -0.3 is 10.2 Å². The fourth-order valence-corrected chi connectivity index (χ4v) is 2.33. The molecule has 3 nitrogen and oxygen atoms in total. The molecule has 86 valence electrons. The minimum absolute atomic E-state index is 0.255. The molecule has 2 aliphatic rings. The van der Waals surface area contributed by atoms with E-state index in [1.807, 2.05) is 4.90 Å². The lowest BCUT2D eigenvalue weighted by Crippen LogP contribution is -2.56. The van der Waals surface area contributed by atoms with Gasteiger partial charge in [0.2, 0.25) is 5.91 Å². The largest absolute Gasteiger partial charge is 0.342 e. The Morgan fingerprint density at radius 1 is 1.33 bits per heavy atom. The first-order chi connectivity index (χ1) is 6.98. The second-order valence-corrected chi connectivity index (χ2v) is 6.00. The van der Waals surface area contributed by atoms with Gasteiger partial charge in [-0.15, -0.1) is 0 Å². The van der Waals surface area contributed by atoms with Crippen LogP contribution in [-0.4, -0.2) is 37.0 Å². The van der Waals surface area contributed by atoms with E-state index in [-0.39, 0.29) is 5.92 Å². The molecule has 0 aliphatic carbocycles. The van der Waals surface area contributed by atoms with Gasteiger partial charge >= 0.3 is 0 Å². The summed E-state index contributed by atoms with van der Waals surface area (Å²) >= 11 is 0. The van der Waals surface area contributed by atoms with Crippen LogP contribution < -0.4 is 5.32 Å². The third-order valence-electron chi connectivity index (χ3n) is 3.83. The van der Waals surface area contributed by atoms with Crippen molar-refractivity contribution in [2.75, 3.05) is 26.2 Å². The Balaban J connectivity index is 1.81.